The van der Waals surface area contributed by atoms with Crippen molar-refractivity contribution >= 4 is 11.9 Å². The van der Waals surface area contributed by atoms with Gasteiger partial charge in [0.1, 0.15) is 6.04 Å². The molecular weight excluding hydrogens is 256 g/mol. The van der Waals surface area contributed by atoms with Gasteiger partial charge in [0.2, 0.25) is 5.91 Å². The van der Waals surface area contributed by atoms with Crippen LogP contribution in [0.5, 0.6) is 0 Å². The molecule has 20 heavy (non-hydrogen) atoms. The van der Waals surface area contributed by atoms with Crippen molar-refractivity contribution in [3.8, 4) is 0 Å². The van der Waals surface area contributed by atoms with E-state index in [9.17, 15) is 9.59 Å². The Balaban J connectivity index is 2.12. The first kappa shape index (κ1) is 14.5. The fourth-order valence-electron chi connectivity index (χ4n) is 2.55. The zero-order valence-corrected chi connectivity index (χ0v) is 11.6. The monoisotopic (exact) mass is 276 g/mol. The number of carboxylic acids is 1. The molecule has 0 saturated carbocycles. The second kappa shape index (κ2) is 6.52. The first-order chi connectivity index (χ1) is 9.63. The van der Waals surface area contributed by atoms with E-state index in [4.69, 9.17) is 5.11 Å². The fraction of sp³-hybridized carbons (Fsp3) is 0.467. The minimum Gasteiger partial charge on any atom is -0.480 e. The zero-order chi connectivity index (χ0) is 14.5. The molecule has 1 aromatic carbocycles. The van der Waals surface area contributed by atoms with E-state index >= 15 is 0 Å². The topological polar surface area (TPSA) is 78.4 Å². The van der Waals surface area contributed by atoms with Gasteiger partial charge in [0.15, 0.2) is 0 Å². The largest absolute Gasteiger partial charge is 0.480 e. The summed E-state index contributed by atoms with van der Waals surface area (Å²) < 4.78 is 0. The predicted octanol–water partition coefficient (Wildman–Crippen LogP) is 1.24. The molecule has 0 spiro atoms. The molecule has 108 valence electrons. The number of fused-ring (bicyclic) bond motifs is 1. The Labute approximate surface area is 118 Å². The van der Waals surface area contributed by atoms with E-state index in [0.29, 0.717) is 13.0 Å². The SMILES string of the molecule is CCCC(NC(=O)C1CNCc2ccccc21)C(=O)O. The van der Waals surface area contributed by atoms with Crippen LogP contribution in [0.25, 0.3) is 0 Å². The molecule has 0 fully saturated rings. The molecule has 2 unspecified atom stereocenters. The second-order valence-electron chi connectivity index (χ2n) is 5.07. The highest BCUT2D eigenvalue weighted by atomic mass is 16.4. The maximum absolute atomic E-state index is 12.3. The number of nitrogens with one attached hydrogen (secondary N) is 2. The molecule has 0 aliphatic carbocycles. The van der Waals surface area contributed by atoms with Crippen LogP contribution in [0.2, 0.25) is 0 Å². The third-order valence-electron chi connectivity index (χ3n) is 3.60. The molecular formula is C15H20N2O3. The molecule has 1 amide bonds. The van der Waals surface area contributed by atoms with Crippen LogP contribution in [-0.4, -0.2) is 29.6 Å². The Bertz CT molecular complexity index is 502. The lowest BCUT2D eigenvalue weighted by atomic mass is 9.90. The first-order valence-electron chi connectivity index (χ1n) is 6.95. The van der Waals surface area contributed by atoms with Gasteiger partial charge in [-0.25, -0.2) is 4.79 Å². The van der Waals surface area contributed by atoms with Crippen molar-refractivity contribution in [3.63, 3.8) is 0 Å². The van der Waals surface area contributed by atoms with Gasteiger partial charge in [0.05, 0.1) is 5.92 Å². The second-order valence-corrected chi connectivity index (χ2v) is 5.07. The van der Waals surface area contributed by atoms with Crippen molar-refractivity contribution in [1.82, 2.24) is 10.6 Å². The van der Waals surface area contributed by atoms with Gasteiger partial charge in [0.25, 0.3) is 0 Å². The minimum atomic E-state index is -0.975. The summed E-state index contributed by atoms with van der Waals surface area (Å²) >= 11 is 0. The average Bonchev–Trinajstić information content (AvgIpc) is 2.46. The van der Waals surface area contributed by atoms with E-state index < -0.39 is 12.0 Å². The quantitative estimate of drug-likeness (QED) is 0.756. The van der Waals surface area contributed by atoms with E-state index in [0.717, 1.165) is 24.1 Å². The van der Waals surface area contributed by atoms with E-state index in [1.807, 2.05) is 31.2 Å². The summed E-state index contributed by atoms with van der Waals surface area (Å²) in [5, 5.41) is 15.0. The minimum absolute atomic E-state index is 0.217. The highest BCUT2D eigenvalue weighted by molar-refractivity contribution is 5.88. The van der Waals surface area contributed by atoms with E-state index in [-0.39, 0.29) is 11.8 Å². The van der Waals surface area contributed by atoms with Crippen LogP contribution in [0, 0.1) is 0 Å². The maximum Gasteiger partial charge on any atom is 0.326 e. The van der Waals surface area contributed by atoms with Crippen molar-refractivity contribution in [3.05, 3.63) is 35.4 Å². The molecule has 0 bridgehead atoms. The fourth-order valence-corrected chi connectivity index (χ4v) is 2.55. The van der Waals surface area contributed by atoms with E-state index in [1.165, 1.54) is 0 Å². The van der Waals surface area contributed by atoms with Crippen molar-refractivity contribution in [2.45, 2.75) is 38.3 Å². The van der Waals surface area contributed by atoms with Gasteiger partial charge < -0.3 is 15.7 Å². The molecule has 1 heterocycles. The molecule has 0 aromatic heterocycles. The Hall–Kier alpha value is -1.88. The maximum atomic E-state index is 12.3. The number of hydrogen-bond acceptors (Lipinski definition) is 3. The molecule has 5 nitrogen and oxygen atoms in total. The number of carboxylic acid groups (broad SMARTS) is 1. The Kier molecular flexibility index (Phi) is 4.74. The van der Waals surface area contributed by atoms with Crippen LogP contribution >= 0.6 is 0 Å². The van der Waals surface area contributed by atoms with Crippen molar-refractivity contribution in [2.75, 3.05) is 6.54 Å². The highest BCUT2D eigenvalue weighted by Gasteiger charge is 2.29. The number of hydrogen-bond donors (Lipinski definition) is 3. The Morgan fingerprint density at radius 3 is 2.90 bits per heavy atom. The van der Waals surface area contributed by atoms with Crippen molar-refractivity contribution in [1.29, 1.82) is 0 Å². The zero-order valence-electron chi connectivity index (χ0n) is 11.6. The number of amides is 1. The van der Waals surface area contributed by atoms with Crippen LogP contribution in [0.4, 0.5) is 0 Å². The van der Waals surface area contributed by atoms with Crippen LogP contribution < -0.4 is 10.6 Å². The molecule has 3 N–H and O–H groups in total. The Morgan fingerprint density at radius 1 is 1.45 bits per heavy atom. The lowest BCUT2D eigenvalue weighted by molar-refractivity contribution is -0.142. The molecule has 2 rings (SSSR count). The van der Waals surface area contributed by atoms with Gasteiger partial charge in [-0.05, 0) is 17.5 Å². The number of carbonyl (C=O) groups excluding carboxylic acids is 1. The Morgan fingerprint density at radius 2 is 2.20 bits per heavy atom. The lowest BCUT2D eigenvalue weighted by Gasteiger charge is -2.26. The summed E-state index contributed by atoms with van der Waals surface area (Å²) in [5.74, 6) is -1.51. The van der Waals surface area contributed by atoms with Gasteiger partial charge in [-0.2, -0.15) is 0 Å². The number of rotatable bonds is 5. The normalized spacial score (nSPS) is 18.9. The van der Waals surface area contributed by atoms with Gasteiger partial charge >= 0.3 is 5.97 Å². The van der Waals surface area contributed by atoms with Crippen molar-refractivity contribution in [2.24, 2.45) is 0 Å². The van der Waals surface area contributed by atoms with E-state index in [2.05, 4.69) is 10.6 Å². The summed E-state index contributed by atoms with van der Waals surface area (Å²) in [6, 6.07) is 6.98. The molecule has 2 atom stereocenters. The molecule has 0 radical (unpaired) electrons. The number of benzene rings is 1. The third kappa shape index (κ3) is 3.17. The van der Waals surface area contributed by atoms with Crippen LogP contribution in [-0.2, 0) is 16.1 Å². The summed E-state index contributed by atoms with van der Waals surface area (Å²) in [5.41, 5.74) is 2.09. The summed E-state index contributed by atoms with van der Waals surface area (Å²) in [6.45, 7) is 3.19. The predicted molar refractivity (Wildman–Crippen MR) is 75.4 cm³/mol. The average molecular weight is 276 g/mol. The molecule has 1 aliphatic heterocycles. The van der Waals surface area contributed by atoms with E-state index in [1.54, 1.807) is 0 Å². The van der Waals surface area contributed by atoms with Crippen LogP contribution in [0.1, 0.15) is 36.8 Å². The highest BCUT2D eigenvalue weighted by Crippen LogP contribution is 2.24. The molecule has 0 saturated heterocycles. The molecule has 1 aliphatic rings. The number of carbonyl (C=O) groups is 2. The van der Waals surface area contributed by atoms with Gasteiger partial charge in [-0.1, -0.05) is 37.6 Å². The van der Waals surface area contributed by atoms with Gasteiger partial charge in [-0.3, -0.25) is 4.79 Å². The first-order valence-corrected chi connectivity index (χ1v) is 6.95. The summed E-state index contributed by atoms with van der Waals surface area (Å²) in [4.78, 5) is 23.5. The number of aliphatic carboxylic acids is 1. The van der Waals surface area contributed by atoms with Crippen molar-refractivity contribution < 1.29 is 14.7 Å². The molecule has 1 aromatic rings. The summed E-state index contributed by atoms with van der Waals surface area (Å²) in [7, 11) is 0. The van der Waals surface area contributed by atoms with Gasteiger partial charge in [0, 0.05) is 13.1 Å². The van der Waals surface area contributed by atoms with Crippen LogP contribution in [0.15, 0.2) is 24.3 Å². The standard InChI is InChI=1S/C15H20N2O3/c1-2-5-13(15(19)20)17-14(18)12-9-16-8-10-6-3-4-7-11(10)12/h3-4,6-7,12-13,16H,2,5,8-9H2,1H3,(H,17,18)(H,19,20). The summed E-state index contributed by atoms with van der Waals surface area (Å²) in [6.07, 6.45) is 1.17. The smallest absolute Gasteiger partial charge is 0.326 e. The van der Waals surface area contributed by atoms with Gasteiger partial charge in [-0.15, -0.1) is 0 Å². The third-order valence-corrected chi connectivity index (χ3v) is 3.60. The molecule has 5 heteroatoms. The van der Waals surface area contributed by atoms with Crippen LogP contribution in [0.3, 0.4) is 0 Å². The lowest BCUT2D eigenvalue weighted by Crippen LogP contribution is -2.46.